The zero-order valence-electron chi connectivity index (χ0n) is 16.8. The number of aromatic nitrogens is 6. The van der Waals surface area contributed by atoms with Crippen LogP contribution in [-0.2, 0) is 14.1 Å². The van der Waals surface area contributed by atoms with Crippen molar-refractivity contribution in [2.45, 2.75) is 0 Å². The van der Waals surface area contributed by atoms with E-state index < -0.39 is 23.0 Å². The maximum absolute atomic E-state index is 14.6. The molecule has 0 spiro atoms. The van der Waals surface area contributed by atoms with Crippen LogP contribution in [0, 0.1) is 11.6 Å². The summed E-state index contributed by atoms with van der Waals surface area (Å²) in [4.78, 5) is 21.0. The van der Waals surface area contributed by atoms with Crippen molar-refractivity contribution in [3.05, 3.63) is 65.2 Å². The van der Waals surface area contributed by atoms with Crippen LogP contribution in [-0.4, -0.2) is 36.0 Å². The van der Waals surface area contributed by atoms with E-state index in [-0.39, 0.29) is 0 Å². The van der Waals surface area contributed by atoms with Crippen LogP contribution in [0.5, 0.6) is 5.75 Å². The fraction of sp³-hybridized carbons (Fsp3) is 0.143. The maximum atomic E-state index is 14.6. The second kappa shape index (κ2) is 6.73. The summed E-state index contributed by atoms with van der Waals surface area (Å²) in [5.74, 6) is -1.33. The first-order chi connectivity index (χ1) is 14.9. The third kappa shape index (κ3) is 2.71. The lowest BCUT2D eigenvalue weighted by Crippen LogP contribution is -2.22. The van der Waals surface area contributed by atoms with E-state index in [9.17, 15) is 13.6 Å². The number of fused-ring (bicyclic) bond motifs is 3. The molecule has 0 N–H and O–H groups in total. The number of ether oxygens (including phenoxy) is 1. The van der Waals surface area contributed by atoms with Gasteiger partial charge in [-0.2, -0.15) is 5.10 Å². The number of benzene rings is 1. The van der Waals surface area contributed by atoms with Gasteiger partial charge >= 0.3 is 5.69 Å². The van der Waals surface area contributed by atoms with E-state index in [4.69, 9.17) is 4.74 Å². The topological polar surface area (TPSA) is 79.8 Å². The molecule has 0 amide bonds. The Balaban J connectivity index is 1.97. The molecule has 0 aliphatic rings. The molecule has 4 aromatic heterocycles. The molecule has 0 radical (unpaired) electrons. The summed E-state index contributed by atoms with van der Waals surface area (Å²) in [5.41, 5.74) is 1.65. The van der Waals surface area contributed by atoms with Gasteiger partial charge in [0.25, 0.3) is 0 Å². The van der Waals surface area contributed by atoms with Crippen molar-refractivity contribution in [2.24, 2.45) is 14.1 Å². The highest BCUT2D eigenvalue weighted by molar-refractivity contribution is 6.05. The van der Waals surface area contributed by atoms with Crippen LogP contribution >= 0.6 is 0 Å². The summed E-state index contributed by atoms with van der Waals surface area (Å²) in [6.07, 6.45) is 6.74. The minimum Gasteiger partial charge on any atom is -0.496 e. The highest BCUT2D eigenvalue weighted by Crippen LogP contribution is 2.36. The lowest BCUT2D eigenvalue weighted by Gasteiger charge is -2.11. The standard InChI is InChI=1S/C21H16F2N6O2/c1-27-10-11(6-26-27)12-4-13-16(5-18(12)31-3)25-9-17-19(13)29(21(30)28(17)2)20-14(22)7-24-8-15(20)23/h4-10H,1-3H3. The number of aryl methyl sites for hydroxylation is 2. The summed E-state index contributed by atoms with van der Waals surface area (Å²) in [7, 11) is 4.86. The molecule has 0 fully saturated rings. The summed E-state index contributed by atoms with van der Waals surface area (Å²) < 4.78 is 38.7. The highest BCUT2D eigenvalue weighted by atomic mass is 19.1. The fourth-order valence-electron chi connectivity index (χ4n) is 3.80. The van der Waals surface area contributed by atoms with Crippen molar-refractivity contribution in [1.82, 2.24) is 28.9 Å². The Morgan fingerprint density at radius 1 is 1.03 bits per heavy atom. The second-order valence-electron chi connectivity index (χ2n) is 7.09. The first-order valence-corrected chi connectivity index (χ1v) is 9.27. The summed E-state index contributed by atoms with van der Waals surface area (Å²) in [5, 5.41) is 4.73. The van der Waals surface area contributed by atoms with E-state index in [1.54, 1.807) is 37.2 Å². The number of hydrogen-bond donors (Lipinski definition) is 0. The molecule has 0 bridgehead atoms. The van der Waals surface area contributed by atoms with Crippen molar-refractivity contribution in [3.8, 4) is 22.6 Å². The molecular formula is C21H16F2N6O2. The van der Waals surface area contributed by atoms with Crippen molar-refractivity contribution < 1.29 is 13.5 Å². The van der Waals surface area contributed by atoms with E-state index in [0.29, 0.717) is 33.2 Å². The van der Waals surface area contributed by atoms with Crippen LogP contribution < -0.4 is 10.4 Å². The van der Waals surface area contributed by atoms with Gasteiger partial charge in [-0.1, -0.05) is 0 Å². The molecule has 0 saturated heterocycles. The van der Waals surface area contributed by atoms with Crippen LogP contribution in [0.25, 0.3) is 38.8 Å². The normalized spacial score (nSPS) is 11.5. The lowest BCUT2D eigenvalue weighted by molar-refractivity contribution is 0.417. The summed E-state index contributed by atoms with van der Waals surface area (Å²) in [6.45, 7) is 0. The average molecular weight is 422 g/mol. The van der Waals surface area contributed by atoms with Crippen molar-refractivity contribution in [1.29, 1.82) is 0 Å². The Morgan fingerprint density at radius 3 is 2.42 bits per heavy atom. The quantitative estimate of drug-likeness (QED) is 0.447. The van der Waals surface area contributed by atoms with Gasteiger partial charge < -0.3 is 4.74 Å². The predicted molar refractivity (Wildman–Crippen MR) is 110 cm³/mol. The van der Waals surface area contributed by atoms with E-state index in [2.05, 4.69) is 15.1 Å². The number of halogens is 2. The van der Waals surface area contributed by atoms with Crippen LogP contribution in [0.3, 0.4) is 0 Å². The number of pyridine rings is 2. The van der Waals surface area contributed by atoms with Crippen LogP contribution in [0.2, 0.25) is 0 Å². The van der Waals surface area contributed by atoms with Gasteiger partial charge in [0.15, 0.2) is 11.6 Å². The SMILES string of the molecule is COc1cc2ncc3c(c2cc1-c1cnn(C)c1)n(-c1c(F)cncc1F)c(=O)n3C. The molecule has 1 aromatic carbocycles. The van der Waals surface area contributed by atoms with E-state index in [0.717, 1.165) is 22.5 Å². The molecule has 0 aliphatic heterocycles. The largest absolute Gasteiger partial charge is 0.496 e. The van der Waals surface area contributed by atoms with Gasteiger partial charge in [0, 0.05) is 42.9 Å². The number of rotatable bonds is 3. The minimum atomic E-state index is -0.944. The number of hydrogen-bond acceptors (Lipinski definition) is 5. The number of imidazole rings is 1. The predicted octanol–water partition coefficient (Wildman–Crippen LogP) is 2.96. The van der Waals surface area contributed by atoms with Gasteiger partial charge in [-0.3, -0.25) is 23.8 Å². The molecule has 0 saturated carbocycles. The van der Waals surface area contributed by atoms with Crippen molar-refractivity contribution >= 4 is 21.9 Å². The monoisotopic (exact) mass is 422 g/mol. The van der Waals surface area contributed by atoms with Crippen LogP contribution in [0.1, 0.15) is 0 Å². The molecule has 5 aromatic rings. The van der Waals surface area contributed by atoms with E-state index in [1.807, 2.05) is 6.20 Å². The molecule has 31 heavy (non-hydrogen) atoms. The molecule has 0 aliphatic carbocycles. The molecular weight excluding hydrogens is 406 g/mol. The molecule has 10 heteroatoms. The molecule has 8 nitrogen and oxygen atoms in total. The zero-order chi connectivity index (χ0) is 21.9. The first kappa shape index (κ1) is 18.9. The van der Waals surface area contributed by atoms with Crippen LogP contribution in [0.15, 0.2) is 47.9 Å². The zero-order valence-corrected chi connectivity index (χ0v) is 16.8. The molecule has 0 atom stereocenters. The Labute approximate surface area is 174 Å². The molecule has 0 unspecified atom stereocenters. The van der Waals surface area contributed by atoms with E-state index >= 15 is 0 Å². The van der Waals surface area contributed by atoms with Gasteiger partial charge in [-0.15, -0.1) is 0 Å². The smallest absolute Gasteiger partial charge is 0.333 e. The molecule has 5 rings (SSSR count). The van der Waals surface area contributed by atoms with Gasteiger partial charge in [0.1, 0.15) is 11.4 Å². The van der Waals surface area contributed by atoms with Crippen LogP contribution in [0.4, 0.5) is 8.78 Å². The van der Waals surface area contributed by atoms with Gasteiger partial charge in [-0.05, 0) is 6.07 Å². The van der Waals surface area contributed by atoms with Gasteiger partial charge in [0.05, 0.1) is 48.4 Å². The third-order valence-corrected chi connectivity index (χ3v) is 5.27. The maximum Gasteiger partial charge on any atom is 0.333 e. The Morgan fingerprint density at radius 2 is 1.77 bits per heavy atom. The summed E-state index contributed by atoms with van der Waals surface area (Å²) >= 11 is 0. The van der Waals surface area contributed by atoms with Crippen molar-refractivity contribution in [3.63, 3.8) is 0 Å². The fourth-order valence-corrected chi connectivity index (χ4v) is 3.80. The van der Waals surface area contributed by atoms with Gasteiger partial charge in [-0.25, -0.2) is 13.6 Å². The third-order valence-electron chi connectivity index (χ3n) is 5.27. The Hall–Kier alpha value is -4.08. The van der Waals surface area contributed by atoms with E-state index in [1.165, 1.54) is 17.8 Å². The first-order valence-electron chi connectivity index (χ1n) is 9.27. The Bertz CT molecular complexity index is 1530. The lowest BCUT2D eigenvalue weighted by atomic mass is 10.0. The minimum absolute atomic E-state index is 0.328. The Kier molecular flexibility index (Phi) is 4.10. The summed E-state index contributed by atoms with van der Waals surface area (Å²) in [6, 6.07) is 3.51. The van der Waals surface area contributed by atoms with Crippen molar-refractivity contribution in [2.75, 3.05) is 7.11 Å². The second-order valence-corrected chi connectivity index (χ2v) is 7.09. The number of nitrogens with zero attached hydrogens (tertiary/aromatic N) is 6. The molecule has 4 heterocycles. The molecule has 156 valence electrons. The van der Waals surface area contributed by atoms with Gasteiger partial charge in [0.2, 0.25) is 0 Å². The highest BCUT2D eigenvalue weighted by Gasteiger charge is 2.22. The number of methoxy groups -OCH3 is 1. The average Bonchev–Trinajstić information content (AvgIpc) is 3.29.